The van der Waals surface area contributed by atoms with Crippen LogP contribution in [-0.4, -0.2) is 86.1 Å². The first-order valence-corrected chi connectivity index (χ1v) is 25.3. The van der Waals surface area contributed by atoms with Crippen LogP contribution in [0.4, 0.5) is 0 Å². The van der Waals surface area contributed by atoms with E-state index in [4.69, 9.17) is 18.5 Å². The second-order valence-corrected chi connectivity index (χ2v) is 18.4. The van der Waals surface area contributed by atoms with Gasteiger partial charge in [0.2, 0.25) is 0 Å². The van der Waals surface area contributed by atoms with Crippen LogP contribution in [0.25, 0.3) is 0 Å². The molecule has 352 valence electrons. The lowest BCUT2D eigenvalue weighted by Gasteiger charge is -2.24. The Balaban J connectivity index is 4.54. The molecule has 0 heterocycles. The summed E-state index contributed by atoms with van der Waals surface area (Å²) in [4.78, 5) is 35.5. The molecule has 0 aliphatic carbocycles. The van der Waals surface area contributed by atoms with E-state index < -0.39 is 38.6 Å². The first kappa shape index (κ1) is 58.4. The van der Waals surface area contributed by atoms with Gasteiger partial charge in [-0.1, -0.05) is 189 Å². The quantitative estimate of drug-likeness (QED) is 0.0154. The van der Waals surface area contributed by atoms with Crippen LogP contribution < -0.4 is 0 Å². The predicted molar refractivity (Wildman–Crippen MR) is 253 cm³/mol. The van der Waals surface area contributed by atoms with Crippen molar-refractivity contribution in [3.05, 3.63) is 72.9 Å². The topological polar surface area (TPSA) is 129 Å². The normalized spacial score (nSPS) is 14.7. The molecule has 0 aromatic rings. The molecule has 0 saturated carbocycles. The molecule has 3 atom stereocenters. The number of unbranched alkanes of at least 4 members (excludes halogenated alkanes) is 16. The Morgan fingerprint density at radius 2 is 1.07 bits per heavy atom. The largest absolute Gasteiger partial charge is 0.472 e. The highest BCUT2D eigenvalue weighted by atomic mass is 31.2. The van der Waals surface area contributed by atoms with Crippen LogP contribution in [0.15, 0.2) is 72.9 Å². The van der Waals surface area contributed by atoms with Gasteiger partial charge in [0.1, 0.15) is 19.8 Å². The molecule has 0 aromatic carbocycles. The first-order valence-electron chi connectivity index (χ1n) is 23.8. The average Bonchev–Trinajstić information content (AvgIpc) is 3.21. The Morgan fingerprint density at radius 1 is 0.590 bits per heavy atom. The number of quaternary nitrogens is 1. The number of phosphoric acid groups is 1. The van der Waals surface area contributed by atoms with E-state index >= 15 is 0 Å². The fourth-order valence-corrected chi connectivity index (χ4v) is 6.87. The van der Waals surface area contributed by atoms with Gasteiger partial charge in [-0.2, -0.15) is 0 Å². The van der Waals surface area contributed by atoms with Crippen LogP contribution in [0.2, 0.25) is 0 Å². The molecule has 0 bridgehead atoms. The van der Waals surface area contributed by atoms with Gasteiger partial charge >= 0.3 is 19.8 Å². The van der Waals surface area contributed by atoms with Crippen molar-refractivity contribution in [3.63, 3.8) is 0 Å². The Labute approximate surface area is 372 Å². The number of esters is 2. The van der Waals surface area contributed by atoms with Gasteiger partial charge in [0.05, 0.1) is 33.9 Å². The van der Waals surface area contributed by atoms with Crippen molar-refractivity contribution in [2.75, 3.05) is 47.5 Å². The molecule has 0 radical (unpaired) electrons. The molecule has 2 N–H and O–H groups in total. The number of phosphoric ester groups is 1. The van der Waals surface area contributed by atoms with E-state index in [-0.39, 0.29) is 32.5 Å². The minimum absolute atomic E-state index is 0.0128. The lowest BCUT2D eigenvalue weighted by Crippen LogP contribution is -2.37. The lowest BCUT2D eigenvalue weighted by atomic mass is 10.0. The van der Waals surface area contributed by atoms with Gasteiger partial charge in [0.25, 0.3) is 0 Å². The Morgan fingerprint density at radius 3 is 1.56 bits per heavy atom. The monoisotopic (exact) mass is 879 g/mol. The SMILES string of the molecule is CC/C=C\C/C=C\C/C=C\C/C=C\C/C=C\C=C/C(O)CCC(=O)O[C@H](COC(=O)CCCCCCCCCCCCCCCCCCC)COP(=O)(O)OCC[N+](C)(C)C. The summed E-state index contributed by atoms with van der Waals surface area (Å²) in [5.41, 5.74) is 0. The number of likely N-dealkylation sites (N-methyl/N-ethyl adjacent to an activating group) is 1. The number of hydrogen-bond donors (Lipinski definition) is 2. The third-order valence-corrected chi connectivity index (χ3v) is 10.9. The van der Waals surface area contributed by atoms with Gasteiger partial charge in [-0.15, -0.1) is 0 Å². The van der Waals surface area contributed by atoms with Crippen LogP contribution in [0.1, 0.15) is 174 Å². The zero-order chi connectivity index (χ0) is 45.1. The van der Waals surface area contributed by atoms with E-state index in [9.17, 15) is 24.2 Å². The highest BCUT2D eigenvalue weighted by molar-refractivity contribution is 7.47. The van der Waals surface area contributed by atoms with E-state index in [1.54, 1.807) is 12.2 Å². The maximum Gasteiger partial charge on any atom is 0.472 e. The molecule has 0 spiro atoms. The predicted octanol–water partition coefficient (Wildman–Crippen LogP) is 12.8. The van der Waals surface area contributed by atoms with E-state index in [2.05, 4.69) is 62.5 Å². The molecule has 0 rings (SSSR count). The number of hydrogen-bond acceptors (Lipinski definition) is 8. The van der Waals surface area contributed by atoms with Crippen molar-refractivity contribution >= 4 is 19.8 Å². The Hall–Kier alpha value is -2.59. The molecular weight excluding hydrogens is 790 g/mol. The molecule has 0 saturated heterocycles. The first-order chi connectivity index (χ1) is 29.4. The molecule has 0 aliphatic rings. The molecule has 2 unspecified atom stereocenters. The van der Waals surface area contributed by atoms with Crippen molar-refractivity contribution in [1.82, 2.24) is 0 Å². The molecular formula is C50H89NO9P+. The second-order valence-electron chi connectivity index (χ2n) is 17.0. The third kappa shape index (κ3) is 45.3. The number of aliphatic hydroxyl groups excluding tert-OH is 1. The van der Waals surface area contributed by atoms with Crippen molar-refractivity contribution in [2.45, 2.75) is 187 Å². The van der Waals surface area contributed by atoms with Gasteiger partial charge in [-0.3, -0.25) is 18.6 Å². The summed E-state index contributed by atoms with van der Waals surface area (Å²) in [5, 5.41) is 10.4. The van der Waals surface area contributed by atoms with E-state index in [0.717, 1.165) is 51.4 Å². The number of aliphatic hydroxyl groups is 1. The van der Waals surface area contributed by atoms with Crippen molar-refractivity contribution in [3.8, 4) is 0 Å². The molecule has 10 nitrogen and oxygen atoms in total. The summed E-state index contributed by atoms with van der Waals surface area (Å²) in [5.74, 6) is -1.08. The highest BCUT2D eigenvalue weighted by Gasteiger charge is 2.27. The van der Waals surface area contributed by atoms with Gasteiger partial charge in [0.15, 0.2) is 6.10 Å². The van der Waals surface area contributed by atoms with Crippen molar-refractivity contribution in [1.29, 1.82) is 0 Å². The fraction of sp³-hybridized carbons (Fsp3) is 0.720. The third-order valence-electron chi connectivity index (χ3n) is 9.87. The Kier molecular flexibility index (Phi) is 39.7. The maximum absolute atomic E-state index is 12.7. The molecule has 0 aliphatic heterocycles. The van der Waals surface area contributed by atoms with Crippen molar-refractivity contribution < 1.29 is 47.2 Å². The van der Waals surface area contributed by atoms with E-state index in [0.29, 0.717) is 17.4 Å². The van der Waals surface area contributed by atoms with Gasteiger partial charge in [-0.25, -0.2) is 4.57 Å². The molecule has 0 amide bonds. The zero-order valence-electron chi connectivity index (χ0n) is 39.2. The minimum atomic E-state index is -4.45. The van der Waals surface area contributed by atoms with Crippen LogP contribution in [0.3, 0.4) is 0 Å². The zero-order valence-corrected chi connectivity index (χ0v) is 40.1. The molecule has 11 heteroatoms. The number of nitrogens with zero attached hydrogens (tertiary/aromatic N) is 1. The second kappa shape index (κ2) is 41.4. The summed E-state index contributed by atoms with van der Waals surface area (Å²) in [6.45, 7) is 4.03. The number of allylic oxidation sites excluding steroid dienone is 11. The minimum Gasteiger partial charge on any atom is -0.462 e. The average molecular weight is 879 g/mol. The number of carbonyl (C=O) groups excluding carboxylic acids is 2. The lowest BCUT2D eigenvalue weighted by molar-refractivity contribution is -0.870. The van der Waals surface area contributed by atoms with E-state index in [1.807, 2.05) is 33.3 Å². The van der Waals surface area contributed by atoms with Crippen LogP contribution in [0, 0.1) is 0 Å². The summed E-state index contributed by atoms with van der Waals surface area (Å²) in [6, 6.07) is 0. The Bertz CT molecular complexity index is 1280. The highest BCUT2D eigenvalue weighted by Crippen LogP contribution is 2.43. The van der Waals surface area contributed by atoms with Crippen LogP contribution in [0.5, 0.6) is 0 Å². The summed E-state index contributed by atoms with van der Waals surface area (Å²) < 4.78 is 34.1. The number of rotatable bonds is 42. The van der Waals surface area contributed by atoms with Gasteiger partial charge in [0, 0.05) is 12.8 Å². The molecule has 0 fully saturated rings. The summed E-state index contributed by atoms with van der Waals surface area (Å²) >= 11 is 0. The van der Waals surface area contributed by atoms with Crippen LogP contribution in [-0.2, 0) is 32.7 Å². The van der Waals surface area contributed by atoms with Gasteiger partial charge in [-0.05, 0) is 44.9 Å². The smallest absolute Gasteiger partial charge is 0.462 e. The number of ether oxygens (including phenoxy) is 2. The maximum atomic E-state index is 12.7. The summed E-state index contributed by atoms with van der Waals surface area (Å²) in [7, 11) is 1.33. The van der Waals surface area contributed by atoms with Gasteiger partial charge < -0.3 is 24.0 Å². The fourth-order valence-electron chi connectivity index (χ4n) is 6.12. The summed E-state index contributed by atoms with van der Waals surface area (Å²) in [6.07, 6.45) is 48.5. The van der Waals surface area contributed by atoms with Crippen LogP contribution >= 0.6 is 7.82 Å². The van der Waals surface area contributed by atoms with E-state index in [1.165, 1.54) is 83.5 Å². The molecule has 61 heavy (non-hydrogen) atoms. The number of carbonyl (C=O) groups is 2. The standard InChI is InChI=1S/C50H88NO9P/c1-6-8-10-12-14-16-18-20-22-24-26-28-30-32-34-36-38-40-49(53)57-45-48(46-59-61(55,56)58-44-43-51(3,4)5)60-50(54)42-41-47(52)39-37-35-33-31-29-27-25-23-21-19-17-15-13-11-9-7-2/h9,11,15,17,21,23,27,29,33,35,37,39,47-48,52H,6-8,10,12-14,16,18-20,22,24-26,28,30-32,34,36,38,40-46H2,1-5H3/p+1/b11-9-,17-15-,23-21-,29-27-,35-33-,39-37-/t47?,48-/m1/s1. The molecule has 0 aromatic heterocycles. The van der Waals surface area contributed by atoms with Crippen molar-refractivity contribution in [2.24, 2.45) is 0 Å².